The number of aromatic nitrogens is 2. The fourth-order valence-electron chi connectivity index (χ4n) is 1.02. The van der Waals surface area contributed by atoms with Crippen molar-refractivity contribution in [1.29, 1.82) is 0 Å². The lowest BCUT2D eigenvalue weighted by molar-refractivity contribution is 0.0994. The minimum atomic E-state index is -0.572. The fourth-order valence-corrected chi connectivity index (χ4v) is 1.02. The molecule has 1 aromatic heterocycles. The van der Waals surface area contributed by atoms with Gasteiger partial charge >= 0.3 is 0 Å². The highest BCUT2D eigenvalue weighted by molar-refractivity contribution is 5.90. The number of carbonyl (C=O) groups excluding carboxylic acids is 1. The third kappa shape index (κ3) is 3.67. The first kappa shape index (κ1) is 13.4. The van der Waals surface area contributed by atoms with Crippen LogP contribution >= 0.6 is 0 Å². The summed E-state index contributed by atoms with van der Waals surface area (Å²) in [5.74, 6) is 0.0580. The van der Waals surface area contributed by atoms with Gasteiger partial charge in [-0.3, -0.25) is 4.79 Å². The zero-order valence-electron chi connectivity index (χ0n) is 10.7. The SMILES string of the molecule is CN(C)C(C)(C)CNc1ccc(C(N)=O)nn1. The molecule has 0 fully saturated rings. The predicted molar refractivity (Wildman–Crippen MR) is 66.8 cm³/mol. The van der Waals surface area contributed by atoms with Crippen LogP contribution in [-0.4, -0.2) is 47.2 Å². The first-order chi connectivity index (χ1) is 7.83. The third-order valence-electron chi connectivity index (χ3n) is 2.83. The number of primary amides is 1. The molecule has 0 aliphatic rings. The molecule has 6 nitrogen and oxygen atoms in total. The Labute approximate surface area is 101 Å². The number of rotatable bonds is 5. The highest BCUT2D eigenvalue weighted by Gasteiger charge is 2.20. The van der Waals surface area contributed by atoms with Gasteiger partial charge in [0.05, 0.1) is 0 Å². The second-order valence-corrected chi connectivity index (χ2v) is 4.73. The van der Waals surface area contributed by atoms with E-state index < -0.39 is 5.91 Å². The van der Waals surface area contributed by atoms with Crippen molar-refractivity contribution in [3.05, 3.63) is 17.8 Å². The average molecular weight is 237 g/mol. The zero-order valence-corrected chi connectivity index (χ0v) is 10.7. The van der Waals surface area contributed by atoms with Crippen molar-refractivity contribution in [2.75, 3.05) is 26.0 Å². The molecule has 1 amide bonds. The Hall–Kier alpha value is -1.69. The van der Waals surface area contributed by atoms with Crippen molar-refractivity contribution in [2.24, 2.45) is 5.73 Å². The number of anilines is 1. The summed E-state index contributed by atoms with van der Waals surface area (Å²) in [6, 6.07) is 3.25. The Morgan fingerprint density at radius 3 is 2.47 bits per heavy atom. The van der Waals surface area contributed by atoms with Gasteiger partial charge < -0.3 is 16.0 Å². The predicted octanol–water partition coefficient (Wildman–Crippen LogP) is 0.328. The van der Waals surface area contributed by atoms with Gasteiger partial charge in [0, 0.05) is 12.1 Å². The number of nitrogens with zero attached hydrogens (tertiary/aromatic N) is 3. The minimum absolute atomic E-state index is 0.00401. The third-order valence-corrected chi connectivity index (χ3v) is 2.83. The van der Waals surface area contributed by atoms with Crippen LogP contribution in [0.25, 0.3) is 0 Å². The van der Waals surface area contributed by atoms with Crippen LogP contribution in [0.3, 0.4) is 0 Å². The maximum atomic E-state index is 10.8. The van der Waals surface area contributed by atoms with Gasteiger partial charge in [-0.1, -0.05) is 0 Å². The molecule has 0 aromatic carbocycles. The molecular weight excluding hydrogens is 218 g/mol. The normalized spacial score (nSPS) is 11.6. The van der Waals surface area contributed by atoms with Crippen LogP contribution in [0.4, 0.5) is 5.82 Å². The highest BCUT2D eigenvalue weighted by atomic mass is 16.1. The summed E-state index contributed by atoms with van der Waals surface area (Å²) in [5.41, 5.74) is 5.25. The number of amides is 1. The lowest BCUT2D eigenvalue weighted by atomic mass is 10.0. The summed E-state index contributed by atoms with van der Waals surface area (Å²) >= 11 is 0. The van der Waals surface area contributed by atoms with Crippen molar-refractivity contribution in [1.82, 2.24) is 15.1 Å². The maximum Gasteiger partial charge on any atom is 0.269 e. The molecule has 0 bridgehead atoms. The number of likely N-dealkylation sites (N-methyl/N-ethyl adjacent to an activating group) is 1. The van der Waals surface area contributed by atoms with E-state index in [4.69, 9.17) is 5.73 Å². The van der Waals surface area contributed by atoms with E-state index in [9.17, 15) is 4.79 Å². The van der Waals surface area contributed by atoms with Crippen LogP contribution in [0.5, 0.6) is 0 Å². The van der Waals surface area contributed by atoms with Gasteiger partial charge in [-0.15, -0.1) is 10.2 Å². The molecule has 0 aliphatic heterocycles. The molecule has 0 aliphatic carbocycles. The Morgan fingerprint density at radius 2 is 2.06 bits per heavy atom. The Bertz CT molecular complexity index is 385. The van der Waals surface area contributed by atoms with Crippen LogP contribution in [0.1, 0.15) is 24.3 Å². The van der Waals surface area contributed by atoms with E-state index in [1.165, 1.54) is 0 Å². The first-order valence-corrected chi connectivity index (χ1v) is 5.38. The van der Waals surface area contributed by atoms with E-state index >= 15 is 0 Å². The quantitative estimate of drug-likeness (QED) is 0.771. The summed E-state index contributed by atoms with van der Waals surface area (Å²) in [4.78, 5) is 12.9. The first-order valence-electron chi connectivity index (χ1n) is 5.38. The second kappa shape index (κ2) is 5.09. The smallest absolute Gasteiger partial charge is 0.269 e. The van der Waals surface area contributed by atoms with Crippen LogP contribution in [0.2, 0.25) is 0 Å². The van der Waals surface area contributed by atoms with Crippen LogP contribution in [-0.2, 0) is 0 Å². The monoisotopic (exact) mass is 237 g/mol. The fraction of sp³-hybridized carbons (Fsp3) is 0.545. The molecule has 0 spiro atoms. The summed E-state index contributed by atoms with van der Waals surface area (Å²) in [5, 5.41) is 10.8. The molecule has 0 saturated heterocycles. The molecule has 0 atom stereocenters. The van der Waals surface area contributed by atoms with E-state index in [2.05, 4.69) is 34.3 Å². The standard InChI is InChI=1S/C11H19N5O/c1-11(2,16(3)4)7-13-9-6-5-8(10(12)17)14-15-9/h5-6H,7H2,1-4H3,(H2,12,17)(H,13,15). The van der Waals surface area contributed by atoms with Gasteiger partial charge in [0.1, 0.15) is 5.82 Å². The van der Waals surface area contributed by atoms with Gasteiger partial charge in [0.15, 0.2) is 5.69 Å². The minimum Gasteiger partial charge on any atom is -0.367 e. The molecule has 1 rings (SSSR count). The van der Waals surface area contributed by atoms with Gasteiger partial charge in [-0.2, -0.15) is 0 Å². The van der Waals surface area contributed by atoms with Crippen LogP contribution in [0, 0.1) is 0 Å². The Morgan fingerprint density at radius 1 is 1.41 bits per heavy atom. The van der Waals surface area contributed by atoms with Crippen LogP contribution < -0.4 is 11.1 Å². The lowest BCUT2D eigenvalue weighted by Crippen LogP contribution is -2.44. The topological polar surface area (TPSA) is 84.1 Å². The molecule has 1 heterocycles. The summed E-state index contributed by atoms with van der Waals surface area (Å²) in [6.45, 7) is 4.96. The van der Waals surface area contributed by atoms with Crippen LogP contribution in [0.15, 0.2) is 12.1 Å². The number of carbonyl (C=O) groups is 1. The molecule has 1 aromatic rings. The van der Waals surface area contributed by atoms with Crippen molar-refractivity contribution >= 4 is 11.7 Å². The van der Waals surface area contributed by atoms with E-state index in [1.54, 1.807) is 12.1 Å². The van der Waals surface area contributed by atoms with E-state index in [-0.39, 0.29) is 11.2 Å². The van der Waals surface area contributed by atoms with E-state index in [1.807, 2.05) is 14.1 Å². The molecule has 94 valence electrons. The molecule has 0 unspecified atom stereocenters. The summed E-state index contributed by atoms with van der Waals surface area (Å²) < 4.78 is 0. The van der Waals surface area contributed by atoms with Gasteiger partial charge in [0.25, 0.3) is 5.91 Å². The number of nitrogens with two attached hydrogens (primary N) is 1. The van der Waals surface area contributed by atoms with Crippen molar-refractivity contribution in [3.63, 3.8) is 0 Å². The average Bonchev–Trinajstić information content (AvgIpc) is 2.27. The van der Waals surface area contributed by atoms with Gasteiger partial charge in [-0.05, 0) is 40.1 Å². The number of nitrogens with one attached hydrogen (secondary N) is 1. The molecular formula is C11H19N5O. The number of hydrogen-bond acceptors (Lipinski definition) is 5. The number of hydrogen-bond donors (Lipinski definition) is 2. The molecule has 3 N–H and O–H groups in total. The van der Waals surface area contributed by atoms with Crippen molar-refractivity contribution in [2.45, 2.75) is 19.4 Å². The van der Waals surface area contributed by atoms with E-state index in [0.717, 1.165) is 6.54 Å². The molecule has 6 heteroatoms. The largest absolute Gasteiger partial charge is 0.367 e. The lowest BCUT2D eigenvalue weighted by Gasteiger charge is -2.32. The maximum absolute atomic E-state index is 10.8. The second-order valence-electron chi connectivity index (χ2n) is 4.73. The summed E-state index contributed by atoms with van der Waals surface area (Å²) in [6.07, 6.45) is 0. The van der Waals surface area contributed by atoms with Gasteiger partial charge in [-0.25, -0.2) is 0 Å². The zero-order chi connectivity index (χ0) is 13.1. The molecule has 0 saturated carbocycles. The van der Waals surface area contributed by atoms with Crippen molar-refractivity contribution < 1.29 is 4.79 Å². The molecule has 0 radical (unpaired) electrons. The Balaban J connectivity index is 2.62. The Kier molecular flexibility index (Phi) is 4.01. The molecule has 17 heavy (non-hydrogen) atoms. The highest BCUT2D eigenvalue weighted by Crippen LogP contribution is 2.11. The van der Waals surface area contributed by atoms with Crippen molar-refractivity contribution in [3.8, 4) is 0 Å². The van der Waals surface area contributed by atoms with Gasteiger partial charge in [0.2, 0.25) is 0 Å². The summed E-state index contributed by atoms with van der Waals surface area (Å²) in [7, 11) is 4.03. The van der Waals surface area contributed by atoms with E-state index in [0.29, 0.717) is 5.82 Å².